The second-order valence-corrected chi connectivity index (χ2v) is 5.04. The summed E-state index contributed by atoms with van der Waals surface area (Å²) in [6.45, 7) is 2.10. The monoisotopic (exact) mass is 274 g/mol. The molecule has 0 aliphatic carbocycles. The molecule has 0 fully saturated rings. The molecule has 0 saturated heterocycles. The van der Waals surface area contributed by atoms with Crippen molar-refractivity contribution in [1.29, 1.82) is 0 Å². The van der Waals surface area contributed by atoms with E-state index < -0.39 is 0 Å². The van der Waals surface area contributed by atoms with Gasteiger partial charge in [-0.15, -0.1) is 11.8 Å². The molecule has 4 heteroatoms. The van der Waals surface area contributed by atoms with E-state index in [-0.39, 0.29) is 0 Å². The smallest absolute Gasteiger partial charge is 0.219 e. The van der Waals surface area contributed by atoms with Gasteiger partial charge in [-0.1, -0.05) is 18.2 Å². The van der Waals surface area contributed by atoms with Crippen LogP contribution in [-0.4, -0.2) is 18.3 Å². The van der Waals surface area contributed by atoms with Crippen LogP contribution in [0.15, 0.2) is 47.5 Å². The van der Waals surface area contributed by atoms with Crippen molar-refractivity contribution in [3.05, 3.63) is 48.2 Å². The summed E-state index contributed by atoms with van der Waals surface area (Å²) < 4.78 is 5.82. The van der Waals surface area contributed by atoms with Crippen molar-refractivity contribution in [2.24, 2.45) is 0 Å². The van der Waals surface area contributed by atoms with Gasteiger partial charge in [0.25, 0.3) is 0 Å². The van der Waals surface area contributed by atoms with Gasteiger partial charge >= 0.3 is 0 Å². The topological polar surface area (TPSA) is 34.1 Å². The Labute approximate surface area is 118 Å². The Kier molecular flexibility index (Phi) is 4.82. The third-order valence-electron chi connectivity index (χ3n) is 2.98. The van der Waals surface area contributed by atoms with Crippen LogP contribution in [0.5, 0.6) is 11.6 Å². The van der Waals surface area contributed by atoms with E-state index in [0.717, 1.165) is 16.2 Å². The van der Waals surface area contributed by atoms with Crippen LogP contribution >= 0.6 is 11.8 Å². The maximum atomic E-state index is 5.82. The summed E-state index contributed by atoms with van der Waals surface area (Å²) in [6, 6.07) is 12.2. The lowest BCUT2D eigenvalue weighted by atomic mass is 10.1. The molecule has 1 aromatic heterocycles. The third kappa shape index (κ3) is 3.49. The summed E-state index contributed by atoms with van der Waals surface area (Å²) in [5.41, 5.74) is 1.15. The standard InChI is InChI=1S/C15H18N2OS/c1-11(16-2)12-8-9-15(17-10-12)18-13-6-4-5-7-14(13)19-3/h4-11,16H,1-3H3. The van der Waals surface area contributed by atoms with Crippen molar-refractivity contribution in [2.75, 3.05) is 13.3 Å². The number of rotatable bonds is 5. The fourth-order valence-electron chi connectivity index (χ4n) is 1.69. The number of thioether (sulfide) groups is 1. The molecule has 1 unspecified atom stereocenters. The van der Waals surface area contributed by atoms with Crippen LogP contribution in [0, 0.1) is 0 Å². The maximum absolute atomic E-state index is 5.82. The highest BCUT2D eigenvalue weighted by atomic mass is 32.2. The second-order valence-electron chi connectivity index (χ2n) is 4.19. The zero-order valence-electron chi connectivity index (χ0n) is 11.4. The Morgan fingerprint density at radius 3 is 2.63 bits per heavy atom. The first-order chi connectivity index (χ1) is 9.24. The molecule has 0 aliphatic heterocycles. The number of pyridine rings is 1. The normalized spacial score (nSPS) is 12.2. The highest BCUT2D eigenvalue weighted by molar-refractivity contribution is 7.98. The van der Waals surface area contributed by atoms with E-state index >= 15 is 0 Å². The van der Waals surface area contributed by atoms with Crippen molar-refractivity contribution in [2.45, 2.75) is 17.9 Å². The van der Waals surface area contributed by atoms with Crippen molar-refractivity contribution < 1.29 is 4.74 Å². The Hall–Kier alpha value is -1.52. The molecule has 100 valence electrons. The first-order valence-electron chi connectivity index (χ1n) is 6.18. The zero-order chi connectivity index (χ0) is 13.7. The average Bonchev–Trinajstić information content (AvgIpc) is 2.48. The van der Waals surface area contributed by atoms with Gasteiger partial charge < -0.3 is 10.1 Å². The predicted molar refractivity (Wildman–Crippen MR) is 80.0 cm³/mol. The molecule has 0 spiro atoms. The molecule has 2 aromatic rings. The lowest BCUT2D eigenvalue weighted by Crippen LogP contribution is -2.12. The summed E-state index contributed by atoms with van der Waals surface area (Å²) in [5, 5.41) is 3.18. The Bertz CT molecular complexity index is 528. The summed E-state index contributed by atoms with van der Waals surface area (Å²) >= 11 is 1.66. The Morgan fingerprint density at radius 1 is 1.21 bits per heavy atom. The highest BCUT2D eigenvalue weighted by Gasteiger charge is 2.06. The quantitative estimate of drug-likeness (QED) is 0.839. The number of ether oxygens (including phenoxy) is 1. The van der Waals surface area contributed by atoms with E-state index in [4.69, 9.17) is 4.74 Å². The van der Waals surface area contributed by atoms with E-state index in [1.165, 1.54) is 0 Å². The molecule has 1 aromatic carbocycles. The second kappa shape index (κ2) is 6.59. The van der Waals surface area contributed by atoms with Gasteiger partial charge in [0.05, 0.1) is 0 Å². The molecular weight excluding hydrogens is 256 g/mol. The summed E-state index contributed by atoms with van der Waals surface area (Å²) in [5.74, 6) is 1.46. The van der Waals surface area contributed by atoms with E-state index in [9.17, 15) is 0 Å². The largest absolute Gasteiger partial charge is 0.438 e. The molecule has 1 heterocycles. The molecule has 19 heavy (non-hydrogen) atoms. The molecule has 0 saturated carbocycles. The SMILES string of the molecule is CNC(C)c1ccc(Oc2ccccc2SC)nc1. The minimum atomic E-state index is 0.292. The lowest BCUT2D eigenvalue weighted by Gasteiger charge is -2.11. The van der Waals surface area contributed by atoms with Crippen molar-refractivity contribution >= 4 is 11.8 Å². The number of benzene rings is 1. The number of nitrogens with zero attached hydrogens (tertiary/aromatic N) is 1. The summed E-state index contributed by atoms with van der Waals surface area (Å²) in [6.07, 6.45) is 3.88. The van der Waals surface area contributed by atoms with Crippen LogP contribution in [0.2, 0.25) is 0 Å². The molecule has 1 atom stereocenters. The number of hydrogen-bond acceptors (Lipinski definition) is 4. The van der Waals surface area contributed by atoms with Gasteiger partial charge in [0, 0.05) is 23.2 Å². The molecule has 0 bridgehead atoms. The van der Waals surface area contributed by atoms with Gasteiger partial charge in [-0.05, 0) is 37.9 Å². The number of hydrogen-bond donors (Lipinski definition) is 1. The van der Waals surface area contributed by atoms with Gasteiger partial charge in [0.1, 0.15) is 5.75 Å². The fraction of sp³-hybridized carbons (Fsp3) is 0.267. The van der Waals surface area contributed by atoms with Gasteiger partial charge in [0.15, 0.2) is 0 Å². The number of aromatic nitrogens is 1. The first kappa shape index (κ1) is 13.9. The fourth-order valence-corrected chi connectivity index (χ4v) is 2.22. The molecule has 0 radical (unpaired) electrons. The maximum Gasteiger partial charge on any atom is 0.219 e. The van der Waals surface area contributed by atoms with Gasteiger partial charge in [-0.3, -0.25) is 0 Å². The predicted octanol–water partition coefficient (Wildman–Crippen LogP) is 3.88. The third-order valence-corrected chi connectivity index (χ3v) is 3.75. The van der Waals surface area contributed by atoms with E-state index in [1.807, 2.05) is 55.9 Å². The molecule has 0 amide bonds. The molecular formula is C15H18N2OS. The molecule has 1 N–H and O–H groups in total. The van der Waals surface area contributed by atoms with Crippen molar-refractivity contribution in [1.82, 2.24) is 10.3 Å². The summed E-state index contributed by atoms with van der Waals surface area (Å²) in [4.78, 5) is 5.46. The Balaban J connectivity index is 2.15. The Morgan fingerprint density at radius 2 is 2.00 bits per heavy atom. The number of para-hydroxylation sites is 1. The van der Waals surface area contributed by atoms with Crippen LogP contribution in [0.3, 0.4) is 0 Å². The van der Waals surface area contributed by atoms with Crippen molar-refractivity contribution in [3.63, 3.8) is 0 Å². The molecule has 3 nitrogen and oxygen atoms in total. The zero-order valence-corrected chi connectivity index (χ0v) is 12.2. The van der Waals surface area contributed by atoms with Gasteiger partial charge in [0.2, 0.25) is 5.88 Å². The molecule has 2 rings (SSSR count). The van der Waals surface area contributed by atoms with Gasteiger partial charge in [-0.2, -0.15) is 0 Å². The first-order valence-corrected chi connectivity index (χ1v) is 7.41. The minimum Gasteiger partial charge on any atom is -0.438 e. The average molecular weight is 274 g/mol. The molecule has 0 aliphatic rings. The number of nitrogens with one attached hydrogen (secondary N) is 1. The van der Waals surface area contributed by atoms with Crippen LogP contribution in [-0.2, 0) is 0 Å². The lowest BCUT2D eigenvalue weighted by molar-refractivity contribution is 0.451. The van der Waals surface area contributed by atoms with Crippen LogP contribution in [0.25, 0.3) is 0 Å². The highest BCUT2D eigenvalue weighted by Crippen LogP contribution is 2.30. The van der Waals surface area contributed by atoms with Gasteiger partial charge in [-0.25, -0.2) is 4.98 Å². The summed E-state index contributed by atoms with van der Waals surface area (Å²) in [7, 11) is 1.93. The van der Waals surface area contributed by atoms with E-state index in [1.54, 1.807) is 11.8 Å². The van der Waals surface area contributed by atoms with Crippen LogP contribution in [0.1, 0.15) is 18.5 Å². The van der Waals surface area contributed by atoms with E-state index in [0.29, 0.717) is 11.9 Å². The van der Waals surface area contributed by atoms with Crippen LogP contribution in [0.4, 0.5) is 0 Å². The van der Waals surface area contributed by atoms with E-state index in [2.05, 4.69) is 17.2 Å². The van der Waals surface area contributed by atoms with Crippen LogP contribution < -0.4 is 10.1 Å². The minimum absolute atomic E-state index is 0.292. The van der Waals surface area contributed by atoms with Crippen molar-refractivity contribution in [3.8, 4) is 11.6 Å².